The van der Waals surface area contributed by atoms with Crippen LogP contribution in [0.1, 0.15) is 69.7 Å². The van der Waals surface area contributed by atoms with Crippen molar-refractivity contribution >= 4 is 34.5 Å². The number of furan rings is 1. The van der Waals surface area contributed by atoms with E-state index in [0.29, 0.717) is 45.5 Å². The van der Waals surface area contributed by atoms with Crippen LogP contribution in [0.4, 0.5) is 8.96 Å². The first-order valence-electron chi connectivity index (χ1n) is 14.9. The summed E-state index contributed by atoms with van der Waals surface area (Å²) in [6, 6.07) is 14.6. The lowest BCUT2D eigenvalue weighted by molar-refractivity contribution is -0.151. The van der Waals surface area contributed by atoms with Crippen LogP contribution in [0.5, 0.6) is 5.75 Å². The third-order valence-electron chi connectivity index (χ3n) is 7.37. The third kappa shape index (κ3) is 7.72. The Morgan fingerprint density at radius 2 is 1.81 bits per heavy atom. The summed E-state index contributed by atoms with van der Waals surface area (Å²) in [4.78, 5) is 42.0. The molecule has 244 valence electrons. The summed E-state index contributed by atoms with van der Waals surface area (Å²) in [5, 5.41) is 14.1. The number of allylic oxidation sites excluding steroid dienone is 2. The van der Waals surface area contributed by atoms with Crippen molar-refractivity contribution in [3.8, 4) is 16.9 Å². The molecular weight excluding hydrogens is 610 g/mol. The molecule has 4 aromatic rings. The minimum atomic E-state index is -1.03. The predicted molar refractivity (Wildman–Crippen MR) is 172 cm³/mol. The predicted octanol–water partition coefficient (Wildman–Crippen LogP) is 6.49. The number of aromatic carboxylic acids is 1. The van der Waals surface area contributed by atoms with Gasteiger partial charge in [-0.2, -0.15) is 0 Å². The highest BCUT2D eigenvalue weighted by Crippen LogP contribution is 2.37. The number of carboxylic acids is 1. The number of fused-ring (bicyclic) bond motifs is 1. The molecule has 1 aliphatic rings. The number of carbonyl (C=O) groups excluding carboxylic acids is 2. The molecule has 2 amide bonds. The van der Waals surface area contributed by atoms with E-state index in [1.165, 1.54) is 19.2 Å². The molecule has 2 aromatic heterocycles. The van der Waals surface area contributed by atoms with Gasteiger partial charge < -0.3 is 24.9 Å². The molecule has 2 aromatic carbocycles. The normalized spacial score (nSPS) is 14.6. The van der Waals surface area contributed by atoms with Crippen molar-refractivity contribution < 1.29 is 37.6 Å². The number of benzene rings is 2. The van der Waals surface area contributed by atoms with Gasteiger partial charge in [0.1, 0.15) is 17.6 Å². The fourth-order valence-corrected chi connectivity index (χ4v) is 5.19. The van der Waals surface area contributed by atoms with Crippen LogP contribution in [-0.2, 0) is 6.42 Å². The number of carboxylic acid groups (broad SMARTS) is 1. The summed E-state index contributed by atoms with van der Waals surface area (Å²) in [5.74, 6) is -0.993. The van der Waals surface area contributed by atoms with Crippen LogP contribution < -0.4 is 15.4 Å². The Kier molecular flexibility index (Phi) is 9.52. The van der Waals surface area contributed by atoms with E-state index in [0.717, 1.165) is 0 Å². The number of hydrogen-bond acceptors (Lipinski definition) is 7. The number of halogens is 2. The summed E-state index contributed by atoms with van der Waals surface area (Å²) in [5.41, 5.74) is 2.36. The molecule has 1 atom stereocenters. The van der Waals surface area contributed by atoms with Gasteiger partial charge >= 0.3 is 5.97 Å². The maximum Gasteiger partial charge on any atom is 0.335 e. The summed E-state index contributed by atoms with van der Waals surface area (Å²) >= 11 is 0. The molecule has 12 heteroatoms. The average molecular weight is 645 g/mol. The Hall–Kier alpha value is -5.36. The summed E-state index contributed by atoms with van der Waals surface area (Å²) in [7, 11) is 1.49. The zero-order chi connectivity index (χ0) is 33.9. The van der Waals surface area contributed by atoms with Crippen LogP contribution >= 0.6 is 0 Å². The van der Waals surface area contributed by atoms with Crippen molar-refractivity contribution in [2.45, 2.75) is 45.3 Å². The van der Waals surface area contributed by atoms with Crippen LogP contribution in [0.2, 0.25) is 0 Å². The maximum absolute atomic E-state index is 13.3. The van der Waals surface area contributed by atoms with E-state index in [2.05, 4.69) is 15.6 Å². The molecule has 1 unspecified atom stereocenters. The fraction of sp³-hybridized carbons (Fsp3) is 0.257. The Bertz CT molecular complexity index is 1890. The van der Waals surface area contributed by atoms with E-state index in [1.807, 2.05) is 26.8 Å². The second kappa shape index (κ2) is 13.6. The second-order valence-electron chi connectivity index (χ2n) is 12.0. The number of rotatable bonds is 10. The standard InChI is InChI=1S/C35H34F2N4O6/c1-35(2,3)40-31(42)23-7-5-6-22(18-23)26-19-27-29(32(43)38-4)30(47-33(27)39-28(26)16-17-41(36)37)20-8-12-24(13-9-20)46-25-14-10-21(11-15-25)34(44)45/h5-12,14-15,18-19,24H,13,16-17H2,1-4H3,(H,38,43)(H,40,42)(H,44,45). The number of aromatic nitrogens is 1. The van der Waals surface area contributed by atoms with Gasteiger partial charge in [-0.15, -0.1) is 8.96 Å². The van der Waals surface area contributed by atoms with Gasteiger partial charge in [0, 0.05) is 47.5 Å². The number of ether oxygens (including phenoxy) is 1. The number of nitrogens with one attached hydrogen (secondary N) is 2. The first-order chi connectivity index (χ1) is 22.3. The number of pyridine rings is 1. The molecule has 0 fully saturated rings. The molecule has 1 aliphatic carbocycles. The van der Waals surface area contributed by atoms with Crippen LogP contribution in [-0.4, -0.2) is 58.5 Å². The molecule has 5 rings (SSSR count). The van der Waals surface area contributed by atoms with Gasteiger partial charge in [-0.25, -0.2) is 9.78 Å². The minimum Gasteiger partial charge on any atom is -0.486 e. The Morgan fingerprint density at radius 1 is 1.06 bits per heavy atom. The van der Waals surface area contributed by atoms with Gasteiger partial charge in [0.15, 0.2) is 0 Å². The van der Waals surface area contributed by atoms with E-state index in [-0.39, 0.29) is 41.0 Å². The summed E-state index contributed by atoms with van der Waals surface area (Å²) < 4.78 is 38.5. The molecule has 0 saturated heterocycles. The molecule has 0 radical (unpaired) electrons. The maximum atomic E-state index is 13.3. The van der Waals surface area contributed by atoms with Crippen molar-refractivity contribution in [2.75, 3.05) is 13.6 Å². The Balaban J connectivity index is 1.53. The molecule has 47 heavy (non-hydrogen) atoms. The van der Waals surface area contributed by atoms with Crippen molar-refractivity contribution in [1.82, 2.24) is 21.0 Å². The van der Waals surface area contributed by atoms with Gasteiger partial charge in [-0.3, -0.25) is 9.59 Å². The fourth-order valence-electron chi connectivity index (χ4n) is 5.19. The van der Waals surface area contributed by atoms with E-state index in [4.69, 9.17) is 14.3 Å². The van der Waals surface area contributed by atoms with Crippen LogP contribution in [0.3, 0.4) is 0 Å². The molecule has 0 saturated carbocycles. The van der Waals surface area contributed by atoms with Crippen molar-refractivity contribution in [2.24, 2.45) is 0 Å². The monoisotopic (exact) mass is 644 g/mol. The van der Waals surface area contributed by atoms with E-state index >= 15 is 0 Å². The number of amides is 2. The van der Waals surface area contributed by atoms with Crippen molar-refractivity contribution in [3.05, 3.63) is 101 Å². The van der Waals surface area contributed by atoms with Crippen LogP contribution in [0.25, 0.3) is 27.8 Å². The number of carbonyl (C=O) groups is 3. The second-order valence-corrected chi connectivity index (χ2v) is 12.0. The largest absolute Gasteiger partial charge is 0.486 e. The molecular formula is C35H34F2N4O6. The number of hydrogen-bond donors (Lipinski definition) is 3. The molecule has 0 bridgehead atoms. The quantitative estimate of drug-likeness (QED) is 0.167. The molecule has 0 spiro atoms. The topological polar surface area (TPSA) is 134 Å². The van der Waals surface area contributed by atoms with Gasteiger partial charge in [0.25, 0.3) is 11.8 Å². The lowest BCUT2D eigenvalue weighted by Crippen LogP contribution is -2.40. The van der Waals surface area contributed by atoms with E-state index in [9.17, 15) is 23.3 Å². The van der Waals surface area contributed by atoms with Crippen molar-refractivity contribution in [1.29, 1.82) is 0 Å². The molecule has 2 heterocycles. The summed E-state index contributed by atoms with van der Waals surface area (Å²) in [6.07, 6.45) is 5.35. The van der Waals surface area contributed by atoms with Crippen molar-refractivity contribution in [3.63, 3.8) is 0 Å². The van der Waals surface area contributed by atoms with Gasteiger partial charge in [0.05, 0.1) is 28.8 Å². The van der Waals surface area contributed by atoms with Gasteiger partial charge in [-0.05, 0) is 74.9 Å². The molecule has 0 aliphatic heterocycles. The minimum absolute atomic E-state index is 0.106. The zero-order valence-corrected chi connectivity index (χ0v) is 26.3. The highest BCUT2D eigenvalue weighted by atomic mass is 19.4. The smallest absolute Gasteiger partial charge is 0.335 e. The lowest BCUT2D eigenvalue weighted by atomic mass is 9.96. The molecule has 10 nitrogen and oxygen atoms in total. The highest BCUT2D eigenvalue weighted by Gasteiger charge is 2.27. The van der Waals surface area contributed by atoms with Gasteiger partial charge in [-0.1, -0.05) is 24.3 Å². The average Bonchev–Trinajstić information content (AvgIpc) is 3.41. The van der Waals surface area contributed by atoms with Gasteiger partial charge in [0.2, 0.25) is 5.71 Å². The zero-order valence-electron chi connectivity index (χ0n) is 26.3. The summed E-state index contributed by atoms with van der Waals surface area (Å²) in [6.45, 7) is 5.01. The first-order valence-corrected chi connectivity index (χ1v) is 14.9. The Labute approximate surface area is 269 Å². The van der Waals surface area contributed by atoms with Crippen LogP contribution in [0, 0.1) is 0 Å². The lowest BCUT2D eigenvalue weighted by Gasteiger charge is -2.20. The number of nitrogens with zero attached hydrogens (tertiary/aromatic N) is 2. The third-order valence-corrected chi connectivity index (χ3v) is 7.37. The SMILES string of the molecule is CNC(=O)c1c(C2=CCC(Oc3ccc(C(=O)O)cc3)C=C2)oc2nc(CCN(F)F)c(-c3cccc(C(=O)NC(C)(C)C)c3)cc12. The molecule has 3 N–H and O–H groups in total. The van der Waals surface area contributed by atoms with E-state index < -0.39 is 29.3 Å². The Morgan fingerprint density at radius 3 is 2.43 bits per heavy atom. The van der Waals surface area contributed by atoms with Crippen LogP contribution in [0.15, 0.2) is 77.2 Å². The highest BCUT2D eigenvalue weighted by molar-refractivity contribution is 6.10. The first kappa shape index (κ1) is 33.0. The van der Waals surface area contributed by atoms with E-state index in [1.54, 1.807) is 54.6 Å².